The largest absolute Gasteiger partial charge is 0.497 e. The first kappa shape index (κ1) is 10.8. The van der Waals surface area contributed by atoms with E-state index in [1.165, 1.54) is 14.0 Å². The van der Waals surface area contributed by atoms with E-state index in [0.29, 0.717) is 16.9 Å². The third-order valence-electron chi connectivity index (χ3n) is 2.97. The molecular weight excluding hydrogens is 208 g/mol. The van der Waals surface area contributed by atoms with Gasteiger partial charge in [-0.3, -0.25) is 9.59 Å². The first-order valence-corrected chi connectivity index (χ1v) is 4.94. The number of carbonyl (C=O) groups excluding carboxylic acids is 2. The Morgan fingerprint density at radius 1 is 1.50 bits per heavy atom. The molecule has 16 heavy (non-hydrogen) atoms. The van der Waals surface area contributed by atoms with Crippen molar-refractivity contribution in [2.24, 2.45) is 0 Å². The smallest absolute Gasteiger partial charge is 0.202 e. The van der Waals surface area contributed by atoms with Gasteiger partial charge in [0.2, 0.25) is 5.78 Å². The lowest BCUT2D eigenvalue weighted by Gasteiger charge is -2.15. The molecule has 0 amide bonds. The van der Waals surface area contributed by atoms with Gasteiger partial charge in [0, 0.05) is 12.0 Å². The number of ketones is 2. The van der Waals surface area contributed by atoms with Gasteiger partial charge in [-0.15, -0.1) is 0 Å². The lowest BCUT2D eigenvalue weighted by molar-refractivity contribution is -0.130. The maximum atomic E-state index is 11.9. The molecule has 2 rings (SSSR count). The van der Waals surface area contributed by atoms with E-state index in [-0.39, 0.29) is 6.42 Å². The quantitative estimate of drug-likeness (QED) is 0.747. The minimum absolute atomic E-state index is 0.0560. The molecule has 0 bridgehead atoms. The van der Waals surface area contributed by atoms with Crippen LogP contribution in [-0.4, -0.2) is 29.4 Å². The summed E-state index contributed by atoms with van der Waals surface area (Å²) in [6.07, 6.45) is 0.0560. The van der Waals surface area contributed by atoms with E-state index in [4.69, 9.17) is 4.74 Å². The zero-order chi connectivity index (χ0) is 11.9. The summed E-state index contributed by atoms with van der Waals surface area (Å²) in [5, 5.41) is 9.98. The highest BCUT2D eigenvalue weighted by Crippen LogP contribution is 2.33. The van der Waals surface area contributed by atoms with Gasteiger partial charge in [-0.2, -0.15) is 0 Å². The van der Waals surface area contributed by atoms with E-state index in [0.717, 1.165) is 0 Å². The van der Waals surface area contributed by atoms with Gasteiger partial charge in [0.1, 0.15) is 5.75 Å². The zero-order valence-corrected chi connectivity index (χ0v) is 9.11. The van der Waals surface area contributed by atoms with Crippen LogP contribution in [-0.2, 0) is 11.2 Å². The number of benzene rings is 1. The van der Waals surface area contributed by atoms with Crippen LogP contribution in [0.2, 0.25) is 0 Å². The molecule has 0 fully saturated rings. The van der Waals surface area contributed by atoms with Gasteiger partial charge in [-0.25, -0.2) is 0 Å². The first-order chi connectivity index (χ1) is 7.49. The van der Waals surface area contributed by atoms with Crippen LogP contribution in [0, 0.1) is 0 Å². The fourth-order valence-electron chi connectivity index (χ4n) is 1.91. The minimum atomic E-state index is -1.88. The van der Waals surface area contributed by atoms with Crippen LogP contribution in [0.25, 0.3) is 0 Å². The lowest BCUT2D eigenvalue weighted by Crippen LogP contribution is -2.43. The fraction of sp³-hybridized carbons (Fsp3) is 0.333. The summed E-state index contributed by atoms with van der Waals surface area (Å²) in [7, 11) is 1.50. The average molecular weight is 220 g/mol. The van der Waals surface area contributed by atoms with Gasteiger partial charge < -0.3 is 9.84 Å². The monoisotopic (exact) mass is 220 g/mol. The number of hydrogen-bond donors (Lipinski definition) is 1. The van der Waals surface area contributed by atoms with Crippen molar-refractivity contribution in [2.45, 2.75) is 18.9 Å². The second-order valence-electron chi connectivity index (χ2n) is 3.95. The molecule has 4 nitrogen and oxygen atoms in total. The van der Waals surface area contributed by atoms with Crippen LogP contribution >= 0.6 is 0 Å². The number of rotatable bonds is 2. The fourth-order valence-corrected chi connectivity index (χ4v) is 1.91. The van der Waals surface area contributed by atoms with Crippen LogP contribution in [0.4, 0.5) is 0 Å². The highest BCUT2D eigenvalue weighted by atomic mass is 16.5. The van der Waals surface area contributed by atoms with E-state index in [1.54, 1.807) is 18.2 Å². The molecule has 0 aromatic heterocycles. The Morgan fingerprint density at radius 2 is 2.19 bits per heavy atom. The second-order valence-corrected chi connectivity index (χ2v) is 3.95. The number of methoxy groups -OCH3 is 1. The van der Waals surface area contributed by atoms with E-state index in [9.17, 15) is 14.7 Å². The number of hydrogen-bond acceptors (Lipinski definition) is 4. The molecule has 0 heterocycles. The van der Waals surface area contributed by atoms with E-state index >= 15 is 0 Å². The Morgan fingerprint density at radius 3 is 2.75 bits per heavy atom. The maximum Gasteiger partial charge on any atom is 0.202 e. The topological polar surface area (TPSA) is 63.6 Å². The van der Waals surface area contributed by atoms with Crippen molar-refractivity contribution in [3.8, 4) is 5.75 Å². The van der Waals surface area contributed by atoms with Crippen LogP contribution in [0.3, 0.4) is 0 Å². The third-order valence-corrected chi connectivity index (χ3v) is 2.97. The molecule has 0 unspecified atom stereocenters. The Hall–Kier alpha value is -1.68. The standard InChI is InChI=1S/C12H12O4/c1-7(13)12(15)6-8-3-4-9(16-2)5-10(8)11(12)14/h3-5,15H,6H2,1-2H3/t12-/m1/s1. The van der Waals surface area contributed by atoms with Crippen molar-refractivity contribution in [3.63, 3.8) is 0 Å². The van der Waals surface area contributed by atoms with E-state index in [2.05, 4.69) is 0 Å². The van der Waals surface area contributed by atoms with Crippen molar-refractivity contribution in [1.82, 2.24) is 0 Å². The van der Waals surface area contributed by atoms with Crippen molar-refractivity contribution in [3.05, 3.63) is 29.3 Å². The molecule has 0 aliphatic heterocycles. The van der Waals surface area contributed by atoms with Gasteiger partial charge in [0.05, 0.1) is 7.11 Å². The highest BCUT2D eigenvalue weighted by molar-refractivity contribution is 6.20. The number of aliphatic hydroxyl groups is 1. The molecule has 0 spiro atoms. The maximum absolute atomic E-state index is 11.9. The van der Waals surface area contributed by atoms with E-state index in [1.807, 2.05) is 0 Å². The molecule has 1 N–H and O–H groups in total. The van der Waals surface area contributed by atoms with Gasteiger partial charge in [0.15, 0.2) is 11.4 Å². The van der Waals surface area contributed by atoms with Crippen molar-refractivity contribution in [2.75, 3.05) is 7.11 Å². The van der Waals surface area contributed by atoms with Crippen LogP contribution < -0.4 is 4.74 Å². The number of fused-ring (bicyclic) bond motifs is 1. The molecule has 0 saturated carbocycles. The molecule has 4 heteroatoms. The molecular formula is C12H12O4. The molecule has 1 aromatic carbocycles. The van der Waals surface area contributed by atoms with Crippen molar-refractivity contribution >= 4 is 11.6 Å². The summed E-state index contributed by atoms with van der Waals surface area (Å²) in [6.45, 7) is 1.22. The second kappa shape index (κ2) is 3.42. The summed E-state index contributed by atoms with van der Waals surface area (Å²) >= 11 is 0. The van der Waals surface area contributed by atoms with Gasteiger partial charge in [-0.05, 0) is 24.6 Å². The SMILES string of the molecule is COc1ccc2c(c1)C(=O)[C@](O)(C(C)=O)C2. The molecule has 84 valence electrons. The van der Waals surface area contributed by atoms with E-state index < -0.39 is 17.2 Å². The summed E-state index contributed by atoms with van der Waals surface area (Å²) in [6, 6.07) is 4.96. The Balaban J connectivity index is 2.50. The number of Topliss-reactive ketones (excluding diaryl/α,β-unsaturated/α-hetero) is 2. The average Bonchev–Trinajstić information content (AvgIpc) is 2.52. The normalized spacial score (nSPS) is 23.1. The molecule has 1 aliphatic carbocycles. The summed E-state index contributed by atoms with van der Waals surface area (Å²) in [5.74, 6) is -0.513. The van der Waals surface area contributed by atoms with Crippen molar-refractivity contribution in [1.29, 1.82) is 0 Å². The predicted molar refractivity (Wildman–Crippen MR) is 56.7 cm³/mol. The minimum Gasteiger partial charge on any atom is -0.497 e. The van der Waals surface area contributed by atoms with Gasteiger partial charge in [0.25, 0.3) is 0 Å². The van der Waals surface area contributed by atoms with Crippen LogP contribution in [0.15, 0.2) is 18.2 Å². The summed E-state index contributed by atoms with van der Waals surface area (Å²) in [5.41, 5.74) is -0.824. The molecule has 0 saturated heterocycles. The van der Waals surface area contributed by atoms with Crippen molar-refractivity contribution < 1.29 is 19.4 Å². The summed E-state index contributed by atoms with van der Waals surface area (Å²) < 4.78 is 5.00. The lowest BCUT2D eigenvalue weighted by atomic mass is 9.95. The number of carbonyl (C=O) groups is 2. The molecule has 1 aromatic rings. The first-order valence-electron chi connectivity index (χ1n) is 4.94. The molecule has 1 aliphatic rings. The zero-order valence-electron chi connectivity index (χ0n) is 9.11. The van der Waals surface area contributed by atoms with Crippen LogP contribution in [0.5, 0.6) is 5.75 Å². The highest BCUT2D eigenvalue weighted by Gasteiger charge is 2.47. The Labute approximate surface area is 92.8 Å². The molecule has 0 radical (unpaired) electrons. The van der Waals surface area contributed by atoms with Crippen LogP contribution in [0.1, 0.15) is 22.8 Å². The Kier molecular flexibility index (Phi) is 2.31. The number of ether oxygens (including phenoxy) is 1. The van der Waals surface area contributed by atoms with Gasteiger partial charge in [-0.1, -0.05) is 6.07 Å². The third kappa shape index (κ3) is 1.34. The van der Waals surface area contributed by atoms with Gasteiger partial charge >= 0.3 is 0 Å². The Bertz CT molecular complexity index is 478. The predicted octanol–water partition coefficient (Wildman–Crippen LogP) is 0.754. The molecule has 1 atom stereocenters. The summed E-state index contributed by atoms with van der Waals surface area (Å²) in [4.78, 5) is 23.2.